The Balaban J connectivity index is 2.91. The van der Waals surface area contributed by atoms with Gasteiger partial charge in [-0.05, 0) is 19.3 Å². The van der Waals surface area contributed by atoms with E-state index in [9.17, 15) is 13.2 Å². The van der Waals surface area contributed by atoms with Crippen molar-refractivity contribution in [3.05, 3.63) is 12.4 Å². The Labute approximate surface area is 65.1 Å². The molecule has 0 saturated heterocycles. The van der Waals surface area contributed by atoms with E-state index < -0.39 is 6.43 Å². The number of rotatable bonds is 6. The van der Waals surface area contributed by atoms with Gasteiger partial charge in [-0.15, -0.1) is 0 Å². The van der Waals surface area contributed by atoms with E-state index in [-0.39, 0.29) is 6.42 Å². The van der Waals surface area contributed by atoms with Crippen molar-refractivity contribution in [1.82, 2.24) is 0 Å². The summed E-state index contributed by atoms with van der Waals surface area (Å²) < 4.78 is 34.4. The number of alkyl halides is 2. The van der Waals surface area contributed by atoms with Crippen LogP contribution in [-0.4, -0.2) is 6.43 Å². The topological polar surface area (TPSA) is 0 Å². The highest BCUT2D eigenvalue weighted by molar-refractivity contribution is 4.71. The van der Waals surface area contributed by atoms with E-state index in [1.165, 1.54) is 6.08 Å². The molecule has 0 aliphatic carbocycles. The van der Waals surface area contributed by atoms with E-state index in [0.29, 0.717) is 19.2 Å². The number of hydrogen-bond donors (Lipinski definition) is 0. The summed E-state index contributed by atoms with van der Waals surface area (Å²) in [6.07, 6.45) is 2.43. The van der Waals surface area contributed by atoms with Gasteiger partial charge >= 0.3 is 0 Å². The molecule has 0 heterocycles. The third-order valence-corrected chi connectivity index (χ3v) is 1.38. The molecule has 0 unspecified atom stereocenters. The van der Waals surface area contributed by atoms with Crippen molar-refractivity contribution in [3.63, 3.8) is 0 Å². The van der Waals surface area contributed by atoms with Crippen LogP contribution in [0, 0.1) is 0 Å². The first-order chi connectivity index (χ1) is 5.27. The second-order valence-corrected chi connectivity index (χ2v) is 2.39. The van der Waals surface area contributed by atoms with Crippen LogP contribution in [0.1, 0.15) is 32.1 Å². The predicted octanol–water partition coefficient (Wildman–Crippen LogP) is 3.69. The van der Waals surface area contributed by atoms with Crippen molar-refractivity contribution < 1.29 is 13.2 Å². The summed E-state index contributed by atoms with van der Waals surface area (Å²) >= 11 is 0. The van der Waals surface area contributed by atoms with Crippen molar-refractivity contribution in [2.45, 2.75) is 38.5 Å². The molecule has 0 aromatic carbocycles. The predicted molar refractivity (Wildman–Crippen MR) is 39.3 cm³/mol. The second-order valence-electron chi connectivity index (χ2n) is 2.39. The molecule has 0 fully saturated rings. The van der Waals surface area contributed by atoms with Gasteiger partial charge in [-0.1, -0.05) is 12.5 Å². The lowest BCUT2D eigenvalue weighted by atomic mass is 10.1. The molecule has 0 saturated carbocycles. The number of unbranched alkanes of at least 4 members (excludes halogenated alkanes) is 3. The van der Waals surface area contributed by atoms with Crippen LogP contribution in [0.2, 0.25) is 0 Å². The van der Waals surface area contributed by atoms with Gasteiger partial charge in [0.25, 0.3) is 0 Å². The van der Waals surface area contributed by atoms with Gasteiger partial charge in [0, 0.05) is 6.42 Å². The van der Waals surface area contributed by atoms with E-state index in [1.54, 1.807) is 0 Å². The van der Waals surface area contributed by atoms with E-state index >= 15 is 0 Å². The van der Waals surface area contributed by atoms with Crippen LogP contribution in [0.15, 0.2) is 12.4 Å². The van der Waals surface area contributed by atoms with Crippen LogP contribution in [-0.2, 0) is 0 Å². The quantitative estimate of drug-likeness (QED) is 0.528. The zero-order valence-corrected chi connectivity index (χ0v) is 6.40. The minimum absolute atomic E-state index is 0.0284. The fraction of sp³-hybridized carbons (Fsp3) is 0.750. The average Bonchev–Trinajstić information content (AvgIpc) is 1.96. The molecule has 0 aliphatic heterocycles. The molecule has 3 heteroatoms. The van der Waals surface area contributed by atoms with Crippen molar-refractivity contribution in [2.75, 3.05) is 0 Å². The summed E-state index contributed by atoms with van der Waals surface area (Å²) in [5, 5.41) is 0. The fourth-order valence-electron chi connectivity index (χ4n) is 0.801. The Kier molecular flexibility index (Phi) is 7.31. The van der Waals surface area contributed by atoms with E-state index in [4.69, 9.17) is 0 Å². The minimum atomic E-state index is -2.19. The highest BCUT2D eigenvalue weighted by Gasteiger charge is 1.99. The van der Waals surface area contributed by atoms with Crippen LogP contribution in [0.5, 0.6) is 0 Å². The van der Waals surface area contributed by atoms with Crippen LogP contribution >= 0.6 is 0 Å². The SMILES string of the molecule is F/C=C/CCCCCC(F)F. The van der Waals surface area contributed by atoms with Crippen molar-refractivity contribution in [2.24, 2.45) is 0 Å². The maximum atomic E-state index is 11.5. The number of hydrogen-bond acceptors (Lipinski definition) is 0. The van der Waals surface area contributed by atoms with Gasteiger partial charge in [0.15, 0.2) is 0 Å². The van der Waals surface area contributed by atoms with Gasteiger partial charge in [-0.2, -0.15) is 0 Å². The van der Waals surface area contributed by atoms with Gasteiger partial charge in [0.1, 0.15) is 0 Å². The first-order valence-corrected chi connectivity index (χ1v) is 3.80. The summed E-state index contributed by atoms with van der Waals surface area (Å²) in [7, 11) is 0. The number of halogens is 3. The second kappa shape index (κ2) is 7.63. The molecule has 0 amide bonds. The lowest BCUT2D eigenvalue weighted by molar-refractivity contribution is 0.134. The molecule has 0 aromatic rings. The third-order valence-electron chi connectivity index (χ3n) is 1.38. The average molecular weight is 166 g/mol. The smallest absolute Gasteiger partial charge is 0.216 e. The highest BCUT2D eigenvalue weighted by Crippen LogP contribution is 2.08. The zero-order chi connectivity index (χ0) is 8.53. The Hall–Kier alpha value is -0.470. The Morgan fingerprint density at radius 3 is 2.36 bits per heavy atom. The maximum absolute atomic E-state index is 11.5. The Morgan fingerprint density at radius 2 is 1.82 bits per heavy atom. The maximum Gasteiger partial charge on any atom is 0.238 e. The molecule has 11 heavy (non-hydrogen) atoms. The molecule has 0 N–H and O–H groups in total. The normalized spacial score (nSPS) is 11.6. The molecule has 0 rings (SSSR count). The highest BCUT2D eigenvalue weighted by atomic mass is 19.3. The van der Waals surface area contributed by atoms with Crippen molar-refractivity contribution in [3.8, 4) is 0 Å². The first-order valence-electron chi connectivity index (χ1n) is 3.80. The lowest BCUT2D eigenvalue weighted by Gasteiger charge is -1.97. The zero-order valence-electron chi connectivity index (χ0n) is 6.40. The summed E-state index contributed by atoms with van der Waals surface area (Å²) in [6.45, 7) is 0. The van der Waals surface area contributed by atoms with Crippen LogP contribution < -0.4 is 0 Å². The van der Waals surface area contributed by atoms with Gasteiger partial charge in [0.2, 0.25) is 6.43 Å². The van der Waals surface area contributed by atoms with Gasteiger partial charge in [-0.3, -0.25) is 0 Å². The molecular formula is C8H13F3. The van der Waals surface area contributed by atoms with Crippen molar-refractivity contribution >= 4 is 0 Å². The molecule has 0 aliphatic rings. The van der Waals surface area contributed by atoms with Crippen LogP contribution in [0.3, 0.4) is 0 Å². The molecule has 0 atom stereocenters. The molecule has 0 nitrogen and oxygen atoms in total. The van der Waals surface area contributed by atoms with E-state index in [2.05, 4.69) is 0 Å². The molecule has 0 spiro atoms. The fourth-order valence-corrected chi connectivity index (χ4v) is 0.801. The van der Waals surface area contributed by atoms with Gasteiger partial charge in [-0.25, -0.2) is 13.2 Å². The lowest BCUT2D eigenvalue weighted by Crippen LogP contribution is -1.88. The Morgan fingerprint density at radius 1 is 1.09 bits per heavy atom. The molecular weight excluding hydrogens is 153 g/mol. The van der Waals surface area contributed by atoms with Gasteiger partial charge < -0.3 is 0 Å². The first kappa shape index (κ1) is 10.5. The Bertz CT molecular complexity index is 99.5. The summed E-state index contributed by atoms with van der Waals surface area (Å²) in [5.41, 5.74) is 0. The van der Waals surface area contributed by atoms with E-state index in [1.807, 2.05) is 0 Å². The van der Waals surface area contributed by atoms with E-state index in [0.717, 1.165) is 12.8 Å². The minimum Gasteiger partial charge on any atom is -0.216 e. The van der Waals surface area contributed by atoms with Gasteiger partial charge in [0.05, 0.1) is 6.33 Å². The monoisotopic (exact) mass is 166 g/mol. The summed E-state index contributed by atoms with van der Waals surface area (Å²) in [4.78, 5) is 0. The molecule has 0 bridgehead atoms. The summed E-state index contributed by atoms with van der Waals surface area (Å²) in [6, 6.07) is 0. The largest absolute Gasteiger partial charge is 0.238 e. The third kappa shape index (κ3) is 9.53. The standard InChI is InChI=1S/C8H13F3/c9-7-5-3-1-2-4-6-8(10)11/h5,7-8H,1-4,6H2/b7-5+. The van der Waals surface area contributed by atoms with Crippen LogP contribution in [0.25, 0.3) is 0 Å². The van der Waals surface area contributed by atoms with Crippen molar-refractivity contribution in [1.29, 1.82) is 0 Å². The molecule has 0 radical (unpaired) electrons. The molecule has 66 valence electrons. The van der Waals surface area contributed by atoms with Crippen LogP contribution in [0.4, 0.5) is 13.2 Å². The molecule has 0 aromatic heterocycles. The summed E-state index contributed by atoms with van der Waals surface area (Å²) in [5.74, 6) is 0. The number of allylic oxidation sites excluding steroid dienone is 1.